The van der Waals surface area contributed by atoms with Gasteiger partial charge < -0.3 is 16.4 Å². The zero-order valence-corrected chi connectivity index (χ0v) is 12.3. The molecule has 2 fully saturated rings. The van der Waals surface area contributed by atoms with Crippen molar-refractivity contribution < 1.29 is 0 Å². The predicted molar refractivity (Wildman–Crippen MR) is 84.3 cm³/mol. The lowest BCUT2D eigenvalue weighted by Crippen LogP contribution is -2.33. The van der Waals surface area contributed by atoms with E-state index < -0.39 is 0 Å². The Labute approximate surface area is 123 Å². The average Bonchev–Trinajstić information content (AvgIpc) is 2.95. The lowest BCUT2D eigenvalue weighted by atomic mass is 9.92. The molecule has 0 atom stereocenters. The van der Waals surface area contributed by atoms with Crippen LogP contribution in [0.15, 0.2) is 17.2 Å². The van der Waals surface area contributed by atoms with E-state index in [2.05, 4.69) is 26.7 Å². The Bertz CT molecular complexity index is 474. The normalized spacial score (nSPS) is 28.8. The lowest BCUT2D eigenvalue weighted by Gasteiger charge is -2.26. The second kappa shape index (κ2) is 6.56. The molecule has 0 bridgehead atoms. The minimum Gasteiger partial charge on any atom is -0.351 e. The van der Waals surface area contributed by atoms with Gasteiger partial charge in [-0.05, 0) is 37.8 Å². The number of hydrogen-bond acceptors (Lipinski definition) is 6. The van der Waals surface area contributed by atoms with Crippen LogP contribution in [0, 0.1) is 0 Å². The SMILES string of the molecule is N[C@H]1CC[C@H](Nc2nccc(/C=C3/CNCS3)n2)CC1. The molecule has 4 N–H and O–H groups in total. The van der Waals surface area contributed by atoms with Crippen LogP contribution in [0.4, 0.5) is 5.95 Å². The monoisotopic (exact) mass is 291 g/mol. The van der Waals surface area contributed by atoms with Gasteiger partial charge in [-0.1, -0.05) is 0 Å². The van der Waals surface area contributed by atoms with Gasteiger partial charge in [0.25, 0.3) is 0 Å². The van der Waals surface area contributed by atoms with Crippen molar-refractivity contribution in [3.8, 4) is 0 Å². The number of nitrogens with two attached hydrogens (primary N) is 1. The van der Waals surface area contributed by atoms with Crippen molar-refractivity contribution >= 4 is 23.8 Å². The van der Waals surface area contributed by atoms with E-state index in [-0.39, 0.29) is 0 Å². The summed E-state index contributed by atoms with van der Waals surface area (Å²) in [4.78, 5) is 10.2. The van der Waals surface area contributed by atoms with Crippen molar-refractivity contribution in [2.24, 2.45) is 5.73 Å². The van der Waals surface area contributed by atoms with E-state index in [1.807, 2.05) is 24.0 Å². The fourth-order valence-corrected chi connectivity index (χ4v) is 3.39. The Hall–Kier alpha value is -1.11. The molecule has 1 aromatic heterocycles. The standard InChI is InChI=1S/C14H21N5S/c15-10-1-3-11(4-2-10)18-14-17-6-5-12(19-14)7-13-8-16-9-20-13/h5-7,10-11,16H,1-4,8-9,15H2,(H,17,18,19)/b13-7-/t10-,11-. The molecule has 108 valence electrons. The first-order chi connectivity index (χ1) is 9.79. The molecular formula is C14H21N5S. The maximum atomic E-state index is 5.93. The van der Waals surface area contributed by atoms with E-state index in [9.17, 15) is 0 Å². The molecule has 0 radical (unpaired) electrons. The Morgan fingerprint density at radius 2 is 2.20 bits per heavy atom. The summed E-state index contributed by atoms with van der Waals surface area (Å²) in [5.74, 6) is 1.72. The summed E-state index contributed by atoms with van der Waals surface area (Å²) in [5, 5.41) is 6.74. The number of hydrogen-bond donors (Lipinski definition) is 3. The van der Waals surface area contributed by atoms with Crippen molar-refractivity contribution in [1.82, 2.24) is 15.3 Å². The van der Waals surface area contributed by atoms with E-state index in [1.54, 1.807) is 0 Å². The molecule has 6 heteroatoms. The highest BCUT2D eigenvalue weighted by molar-refractivity contribution is 8.03. The van der Waals surface area contributed by atoms with Crippen LogP contribution in [0.1, 0.15) is 31.4 Å². The molecule has 0 amide bonds. The number of rotatable bonds is 3. The molecule has 3 rings (SSSR count). The van der Waals surface area contributed by atoms with Crippen LogP contribution in [0.3, 0.4) is 0 Å². The van der Waals surface area contributed by atoms with Gasteiger partial charge in [0.2, 0.25) is 5.95 Å². The maximum Gasteiger partial charge on any atom is 0.223 e. The molecule has 2 aliphatic rings. The zero-order chi connectivity index (χ0) is 13.8. The van der Waals surface area contributed by atoms with E-state index in [0.29, 0.717) is 12.1 Å². The van der Waals surface area contributed by atoms with Crippen LogP contribution in [-0.4, -0.2) is 34.5 Å². The van der Waals surface area contributed by atoms with Crippen molar-refractivity contribution in [1.29, 1.82) is 0 Å². The molecule has 5 nitrogen and oxygen atoms in total. The summed E-state index contributed by atoms with van der Waals surface area (Å²) >= 11 is 1.83. The van der Waals surface area contributed by atoms with E-state index >= 15 is 0 Å². The van der Waals surface area contributed by atoms with Crippen LogP contribution in [0.5, 0.6) is 0 Å². The molecule has 2 heterocycles. The highest BCUT2D eigenvalue weighted by Crippen LogP contribution is 2.22. The van der Waals surface area contributed by atoms with Gasteiger partial charge in [0.1, 0.15) is 0 Å². The summed E-state index contributed by atoms with van der Waals surface area (Å²) in [6.45, 7) is 0.942. The van der Waals surface area contributed by atoms with Crippen LogP contribution in [0.2, 0.25) is 0 Å². The molecular weight excluding hydrogens is 270 g/mol. The second-order valence-corrected chi connectivity index (χ2v) is 6.49. The Kier molecular flexibility index (Phi) is 4.54. The Morgan fingerprint density at radius 1 is 1.35 bits per heavy atom. The van der Waals surface area contributed by atoms with Gasteiger partial charge in [-0.25, -0.2) is 9.97 Å². The first-order valence-corrected chi connectivity index (χ1v) is 8.17. The summed E-state index contributed by atoms with van der Waals surface area (Å²) in [5.41, 5.74) is 6.90. The highest BCUT2D eigenvalue weighted by Gasteiger charge is 2.18. The van der Waals surface area contributed by atoms with Gasteiger partial charge in [0.15, 0.2) is 0 Å². The summed E-state index contributed by atoms with van der Waals surface area (Å²) < 4.78 is 0. The fraction of sp³-hybridized carbons (Fsp3) is 0.571. The third kappa shape index (κ3) is 3.71. The van der Waals surface area contributed by atoms with Crippen LogP contribution >= 0.6 is 11.8 Å². The smallest absolute Gasteiger partial charge is 0.223 e. The van der Waals surface area contributed by atoms with Crippen molar-refractivity contribution in [3.63, 3.8) is 0 Å². The van der Waals surface area contributed by atoms with Gasteiger partial charge in [-0.15, -0.1) is 11.8 Å². The molecule has 1 saturated heterocycles. The highest BCUT2D eigenvalue weighted by atomic mass is 32.2. The minimum atomic E-state index is 0.372. The predicted octanol–water partition coefficient (Wildman–Crippen LogP) is 1.79. The number of thioether (sulfide) groups is 1. The third-order valence-electron chi connectivity index (χ3n) is 3.75. The summed E-state index contributed by atoms with van der Waals surface area (Å²) in [7, 11) is 0. The zero-order valence-electron chi connectivity index (χ0n) is 11.5. The Morgan fingerprint density at radius 3 is 2.95 bits per heavy atom. The molecule has 1 aliphatic carbocycles. The summed E-state index contributed by atoms with van der Waals surface area (Å²) in [6, 6.07) is 2.78. The molecule has 0 unspecified atom stereocenters. The van der Waals surface area contributed by atoms with E-state index in [4.69, 9.17) is 5.73 Å². The van der Waals surface area contributed by atoms with Gasteiger partial charge in [-0.3, -0.25) is 0 Å². The molecule has 1 aliphatic heterocycles. The van der Waals surface area contributed by atoms with Gasteiger partial charge in [0, 0.05) is 35.6 Å². The molecule has 1 saturated carbocycles. The van der Waals surface area contributed by atoms with Crippen molar-refractivity contribution in [2.75, 3.05) is 17.7 Å². The quantitative estimate of drug-likeness (QED) is 0.788. The Balaban J connectivity index is 1.63. The molecule has 20 heavy (non-hydrogen) atoms. The lowest BCUT2D eigenvalue weighted by molar-refractivity contribution is 0.410. The van der Waals surface area contributed by atoms with Crippen LogP contribution < -0.4 is 16.4 Å². The minimum absolute atomic E-state index is 0.372. The molecule has 0 aromatic carbocycles. The average molecular weight is 291 g/mol. The molecule has 1 aromatic rings. The van der Waals surface area contributed by atoms with E-state index in [1.165, 1.54) is 4.91 Å². The first kappa shape index (κ1) is 13.9. The van der Waals surface area contributed by atoms with Gasteiger partial charge >= 0.3 is 0 Å². The third-order valence-corrected chi connectivity index (χ3v) is 4.73. The summed E-state index contributed by atoms with van der Waals surface area (Å²) in [6.07, 6.45) is 8.34. The largest absolute Gasteiger partial charge is 0.351 e. The van der Waals surface area contributed by atoms with Crippen LogP contribution in [-0.2, 0) is 0 Å². The number of nitrogens with one attached hydrogen (secondary N) is 2. The van der Waals surface area contributed by atoms with Crippen molar-refractivity contribution in [2.45, 2.75) is 37.8 Å². The van der Waals surface area contributed by atoms with E-state index in [0.717, 1.165) is 49.7 Å². The van der Waals surface area contributed by atoms with Gasteiger partial charge in [-0.2, -0.15) is 0 Å². The second-order valence-electron chi connectivity index (χ2n) is 5.39. The maximum absolute atomic E-state index is 5.93. The first-order valence-electron chi connectivity index (χ1n) is 7.19. The van der Waals surface area contributed by atoms with Crippen molar-refractivity contribution in [3.05, 3.63) is 22.9 Å². The van der Waals surface area contributed by atoms with Crippen LogP contribution in [0.25, 0.3) is 6.08 Å². The topological polar surface area (TPSA) is 75.9 Å². The number of nitrogens with zero attached hydrogens (tertiary/aromatic N) is 2. The van der Waals surface area contributed by atoms with Gasteiger partial charge in [0.05, 0.1) is 5.69 Å². The number of anilines is 1. The fourth-order valence-electron chi connectivity index (χ4n) is 2.60. The number of aromatic nitrogens is 2. The molecule has 0 spiro atoms.